The Hall–Kier alpha value is -6.89. The zero-order valence-corrected chi connectivity index (χ0v) is 36.4. The zero-order chi connectivity index (χ0) is 46.8. The van der Waals surface area contributed by atoms with Crippen LogP contribution in [0.1, 0.15) is 58.9 Å². The minimum Gasteiger partial charge on any atom is -0.390 e. The van der Waals surface area contributed by atoms with Crippen molar-refractivity contribution in [2.45, 2.75) is 68.8 Å². The molecule has 24 heteroatoms. The average Bonchev–Trinajstić information content (AvgIpc) is 4.16. The zero-order valence-electron chi connectivity index (χ0n) is 35.5. The summed E-state index contributed by atoms with van der Waals surface area (Å²) in [6.45, 7) is 2.72. The first-order valence-electron chi connectivity index (χ1n) is 20.9. The standard InChI is InChI=1S/C43H43N12O11P/c1-2-17-62-67(59,63-19-10-16-45)66-30-21-33(55-26-51-35-38(47-24-49-40(35)55)53-42(58)28-13-7-4-8-14-28)64-31(30)22-61-43(60-18-9-15-44)36-29(56)20-32(65-36)54-25-50-34-37(46-23-48-39(34)54)52-41(57)27-11-5-3-6-12-27/h2-8,11-14,23-26,29-33,36,43,56H,1,9-10,17-22H2,(H,46,48,52,57)(H,47,49,53,58)/t29-,30-,31+,32+,33+,36-,43?,67?/m0/s1. The van der Waals surface area contributed by atoms with Gasteiger partial charge in [-0.05, 0) is 24.3 Å². The number of nitriles is 2. The summed E-state index contributed by atoms with van der Waals surface area (Å²) >= 11 is 0. The second-order valence-corrected chi connectivity index (χ2v) is 16.5. The highest BCUT2D eigenvalue weighted by Crippen LogP contribution is 2.53. The number of carbonyl (C=O) groups is 2. The highest BCUT2D eigenvalue weighted by molar-refractivity contribution is 7.48. The second kappa shape index (κ2) is 21.6. The van der Waals surface area contributed by atoms with E-state index in [2.05, 4.69) is 47.1 Å². The molecule has 8 atom stereocenters. The van der Waals surface area contributed by atoms with Gasteiger partial charge in [0.15, 0.2) is 40.3 Å². The Morgan fingerprint density at radius 3 is 1.94 bits per heavy atom. The van der Waals surface area contributed by atoms with E-state index in [1.807, 2.05) is 12.1 Å². The van der Waals surface area contributed by atoms with Gasteiger partial charge in [-0.2, -0.15) is 10.5 Å². The molecule has 0 radical (unpaired) electrons. The molecule has 346 valence electrons. The van der Waals surface area contributed by atoms with Crippen LogP contribution in [0, 0.1) is 22.7 Å². The summed E-state index contributed by atoms with van der Waals surface area (Å²) in [5.74, 6) is -0.493. The molecule has 67 heavy (non-hydrogen) atoms. The Morgan fingerprint density at radius 1 is 0.806 bits per heavy atom. The van der Waals surface area contributed by atoms with Gasteiger partial charge >= 0.3 is 7.82 Å². The Kier molecular flexibility index (Phi) is 15.0. The molecule has 6 aromatic rings. The van der Waals surface area contributed by atoms with Crippen molar-refractivity contribution in [1.29, 1.82) is 10.5 Å². The number of aliphatic hydroxyl groups is 1. The number of rotatable bonds is 21. The van der Waals surface area contributed by atoms with E-state index in [1.165, 1.54) is 31.4 Å². The predicted octanol–water partition coefficient (Wildman–Crippen LogP) is 5.01. The molecular weight excluding hydrogens is 892 g/mol. The number of nitrogens with one attached hydrogen (secondary N) is 2. The number of fused-ring (bicyclic) bond motifs is 2. The van der Waals surface area contributed by atoms with Gasteiger partial charge in [0.1, 0.15) is 43.4 Å². The second-order valence-electron chi connectivity index (χ2n) is 14.9. The molecule has 8 rings (SSSR count). The Balaban J connectivity index is 1.02. The third kappa shape index (κ3) is 10.9. The number of hydrogen-bond donors (Lipinski definition) is 3. The van der Waals surface area contributed by atoms with Crippen LogP contribution in [0.25, 0.3) is 22.3 Å². The van der Waals surface area contributed by atoms with Crippen LogP contribution in [0.5, 0.6) is 0 Å². The number of phosphoric ester groups is 1. The third-order valence-corrected chi connectivity index (χ3v) is 12.0. The lowest BCUT2D eigenvalue weighted by Crippen LogP contribution is -2.41. The minimum atomic E-state index is -4.37. The van der Waals surface area contributed by atoms with Crippen LogP contribution >= 0.6 is 7.82 Å². The van der Waals surface area contributed by atoms with Gasteiger partial charge in [0.2, 0.25) is 0 Å². The van der Waals surface area contributed by atoms with Crippen LogP contribution in [0.15, 0.2) is 98.6 Å². The number of anilines is 2. The average molecular weight is 935 g/mol. The molecule has 0 bridgehead atoms. The van der Waals surface area contributed by atoms with Crippen molar-refractivity contribution in [2.75, 3.05) is 37.1 Å². The van der Waals surface area contributed by atoms with Gasteiger partial charge < -0.3 is 34.7 Å². The number of aromatic nitrogens is 8. The largest absolute Gasteiger partial charge is 0.475 e. The van der Waals surface area contributed by atoms with Gasteiger partial charge in [0.05, 0.1) is 70.2 Å². The summed E-state index contributed by atoms with van der Waals surface area (Å²) in [5, 5.41) is 35.5. The van der Waals surface area contributed by atoms with Crippen molar-refractivity contribution < 1.29 is 51.8 Å². The number of benzene rings is 2. The van der Waals surface area contributed by atoms with Crippen LogP contribution in [0.4, 0.5) is 11.6 Å². The number of ether oxygens (including phenoxy) is 4. The van der Waals surface area contributed by atoms with E-state index >= 15 is 0 Å². The maximum absolute atomic E-state index is 14.0. The highest BCUT2D eigenvalue weighted by Gasteiger charge is 2.46. The summed E-state index contributed by atoms with van der Waals surface area (Å²) in [6.07, 6.45) is -0.754. The van der Waals surface area contributed by atoms with E-state index in [-0.39, 0.29) is 80.4 Å². The van der Waals surface area contributed by atoms with Crippen molar-refractivity contribution >= 4 is 53.6 Å². The van der Waals surface area contributed by atoms with Gasteiger partial charge in [0.25, 0.3) is 11.8 Å². The number of hydrogen-bond acceptors (Lipinski definition) is 19. The van der Waals surface area contributed by atoms with Crippen molar-refractivity contribution in [3.63, 3.8) is 0 Å². The lowest BCUT2D eigenvalue weighted by Gasteiger charge is -2.28. The van der Waals surface area contributed by atoms with Crippen LogP contribution in [-0.2, 0) is 37.1 Å². The number of phosphoric acid groups is 1. The maximum atomic E-state index is 14.0. The molecule has 23 nitrogen and oxygen atoms in total. The van der Waals surface area contributed by atoms with Gasteiger partial charge in [-0.25, -0.2) is 34.5 Å². The summed E-state index contributed by atoms with van der Waals surface area (Å²) in [4.78, 5) is 52.2. The Morgan fingerprint density at radius 2 is 1.37 bits per heavy atom. The Bertz CT molecular complexity index is 2820. The molecule has 2 aliphatic heterocycles. The molecular formula is C43H43N12O11P. The molecule has 2 aromatic carbocycles. The van der Waals surface area contributed by atoms with Crippen LogP contribution in [-0.4, -0.2) is 113 Å². The predicted molar refractivity (Wildman–Crippen MR) is 233 cm³/mol. The molecule has 3 N–H and O–H groups in total. The molecule has 2 amide bonds. The molecule has 2 aliphatic rings. The monoisotopic (exact) mass is 934 g/mol. The van der Waals surface area contributed by atoms with Crippen molar-refractivity contribution in [3.05, 3.63) is 110 Å². The molecule has 0 aliphatic carbocycles. The number of amides is 2. The number of aliphatic hydroxyl groups excluding tert-OH is 1. The number of imidazole rings is 2. The van der Waals surface area contributed by atoms with E-state index in [0.717, 1.165) is 0 Å². The van der Waals surface area contributed by atoms with Gasteiger partial charge in [-0.1, -0.05) is 42.5 Å². The summed E-state index contributed by atoms with van der Waals surface area (Å²) in [7, 11) is -4.37. The molecule has 0 saturated carbocycles. The first-order valence-corrected chi connectivity index (χ1v) is 22.4. The van der Waals surface area contributed by atoms with Crippen molar-refractivity contribution in [1.82, 2.24) is 39.0 Å². The minimum absolute atomic E-state index is 0.00613. The summed E-state index contributed by atoms with van der Waals surface area (Å²) in [5.41, 5.74) is 1.96. The fraction of sp³-hybridized carbons (Fsp3) is 0.349. The van der Waals surface area contributed by atoms with Crippen LogP contribution in [0.2, 0.25) is 0 Å². The normalized spacial score (nSPS) is 21.6. The quantitative estimate of drug-likeness (QED) is 0.0370. The first kappa shape index (κ1) is 46.6. The smallest absolute Gasteiger partial charge is 0.390 e. The molecule has 2 unspecified atom stereocenters. The fourth-order valence-electron chi connectivity index (χ4n) is 7.33. The third-order valence-electron chi connectivity index (χ3n) is 10.5. The van der Waals surface area contributed by atoms with E-state index in [9.17, 15) is 24.5 Å². The maximum Gasteiger partial charge on any atom is 0.475 e. The lowest BCUT2D eigenvalue weighted by molar-refractivity contribution is -0.232. The summed E-state index contributed by atoms with van der Waals surface area (Å²) < 4.78 is 59.5. The lowest BCUT2D eigenvalue weighted by atomic mass is 10.1. The Labute approximate surface area is 381 Å². The number of nitrogens with zero attached hydrogens (tertiary/aromatic N) is 10. The van der Waals surface area contributed by atoms with Gasteiger partial charge in [-0.15, -0.1) is 6.58 Å². The summed E-state index contributed by atoms with van der Waals surface area (Å²) in [6, 6.07) is 21.1. The van der Waals surface area contributed by atoms with Crippen LogP contribution < -0.4 is 10.6 Å². The van der Waals surface area contributed by atoms with Gasteiger partial charge in [0, 0.05) is 24.0 Å². The SMILES string of the molecule is C=CCOP(=O)(OCCC#N)O[C@H]1C[C@H](n2cnc3c(NC(=O)c4ccccc4)ncnc32)O[C@@H]1COC(OCCC#N)[C@H]1O[C@@H](n2cnc3c(NC(=O)c4ccccc4)ncnc32)C[C@@H]1O. The first-order chi connectivity index (χ1) is 32.7. The molecule has 4 aromatic heterocycles. The van der Waals surface area contributed by atoms with Crippen LogP contribution in [0.3, 0.4) is 0 Å². The molecule has 6 heterocycles. The van der Waals surface area contributed by atoms with Gasteiger partial charge in [-0.3, -0.25) is 32.3 Å². The van der Waals surface area contributed by atoms with E-state index < -0.39 is 62.8 Å². The fourth-order valence-corrected chi connectivity index (χ4v) is 8.68. The van der Waals surface area contributed by atoms with E-state index in [0.29, 0.717) is 16.8 Å². The van der Waals surface area contributed by atoms with Crippen molar-refractivity contribution in [3.8, 4) is 12.1 Å². The molecule has 0 spiro atoms. The topological polar surface area (TPSA) is 295 Å². The van der Waals surface area contributed by atoms with E-state index in [4.69, 9.17) is 37.8 Å². The highest BCUT2D eigenvalue weighted by atomic mass is 31.2. The molecule has 2 saturated heterocycles. The van der Waals surface area contributed by atoms with Crippen molar-refractivity contribution in [2.24, 2.45) is 0 Å². The number of carbonyl (C=O) groups excluding carboxylic acids is 2. The molecule has 2 fully saturated rings. The van der Waals surface area contributed by atoms with E-state index in [1.54, 1.807) is 69.8 Å².